The van der Waals surface area contributed by atoms with Crippen LogP contribution in [0.2, 0.25) is 0 Å². The van der Waals surface area contributed by atoms with Crippen LogP contribution >= 0.6 is 0 Å². The summed E-state index contributed by atoms with van der Waals surface area (Å²) in [5, 5.41) is 14.3. The van der Waals surface area contributed by atoms with Gasteiger partial charge in [0.05, 0.1) is 13.2 Å². The fourth-order valence-electron chi connectivity index (χ4n) is 3.19. The van der Waals surface area contributed by atoms with E-state index in [2.05, 4.69) is 10.6 Å². The lowest BCUT2D eigenvalue weighted by Crippen LogP contribution is -2.42. The molecule has 0 saturated carbocycles. The van der Waals surface area contributed by atoms with E-state index in [1.54, 1.807) is 33.9 Å². The predicted octanol–water partition coefficient (Wildman–Crippen LogP) is 2.70. The largest absolute Gasteiger partial charge is 0.480 e. The number of ether oxygens (including phenoxy) is 4. The van der Waals surface area contributed by atoms with Crippen LogP contribution in [0.15, 0.2) is 6.07 Å². The Kier molecular flexibility index (Phi) is 8.88. The molecule has 0 unspecified atom stereocenters. The molecule has 0 bridgehead atoms. The molecule has 174 valence electrons. The molecule has 0 spiro atoms. The van der Waals surface area contributed by atoms with E-state index in [0.29, 0.717) is 31.6 Å². The van der Waals surface area contributed by atoms with Gasteiger partial charge in [0.1, 0.15) is 23.6 Å². The zero-order valence-corrected chi connectivity index (χ0v) is 18.4. The van der Waals surface area contributed by atoms with E-state index in [1.807, 2.05) is 0 Å². The summed E-state index contributed by atoms with van der Waals surface area (Å²) in [7, 11) is 1.54. The summed E-state index contributed by atoms with van der Waals surface area (Å²) < 4.78 is 36.3. The summed E-state index contributed by atoms with van der Waals surface area (Å²) >= 11 is 0. The molecule has 0 heterocycles. The monoisotopic (exact) mass is 442 g/mol. The number of hydrogen-bond donors (Lipinski definition) is 3. The minimum atomic E-state index is -1.14. The Morgan fingerprint density at radius 3 is 2.68 bits per heavy atom. The number of rotatable bonds is 10. The molecule has 0 radical (unpaired) electrons. The topological polar surface area (TPSA) is 115 Å². The molecule has 0 aliphatic heterocycles. The molecule has 1 atom stereocenters. The van der Waals surface area contributed by atoms with E-state index in [4.69, 9.17) is 24.1 Å². The molecule has 1 amide bonds. The van der Waals surface area contributed by atoms with Crippen molar-refractivity contribution in [1.29, 1.82) is 0 Å². The maximum absolute atomic E-state index is 15.3. The third-order valence-corrected chi connectivity index (χ3v) is 4.50. The maximum Gasteiger partial charge on any atom is 0.407 e. The fourth-order valence-corrected chi connectivity index (χ4v) is 3.19. The number of halogens is 1. The first-order valence-electron chi connectivity index (χ1n) is 10.1. The van der Waals surface area contributed by atoms with Crippen molar-refractivity contribution in [3.8, 4) is 5.75 Å². The average molecular weight is 442 g/mol. The van der Waals surface area contributed by atoms with Crippen LogP contribution in [0.1, 0.15) is 38.3 Å². The number of aryl methyl sites for hydroxylation is 1. The van der Waals surface area contributed by atoms with Crippen molar-refractivity contribution in [3.05, 3.63) is 23.0 Å². The van der Waals surface area contributed by atoms with Crippen LogP contribution < -0.4 is 15.4 Å². The Morgan fingerprint density at radius 1 is 1.29 bits per heavy atom. The molecule has 0 saturated heterocycles. The van der Waals surface area contributed by atoms with Crippen molar-refractivity contribution in [2.75, 3.05) is 39.0 Å². The number of fused-ring (bicyclic) bond motifs is 1. The molecule has 1 aromatic rings. The number of methoxy groups -OCH3 is 1. The Bertz CT molecular complexity index is 780. The van der Waals surface area contributed by atoms with Crippen LogP contribution in [0, 0.1) is 5.82 Å². The summed E-state index contributed by atoms with van der Waals surface area (Å²) in [6.07, 6.45) is 0.829. The SMILES string of the molecule is COCCOCOc1cc2c(c(F)c1NCC(=O)O)C[C@H](NC(=O)OC(C)(C)C)CC2. The number of hydrogen-bond acceptors (Lipinski definition) is 7. The highest BCUT2D eigenvalue weighted by Crippen LogP contribution is 2.36. The molecule has 1 aliphatic rings. The van der Waals surface area contributed by atoms with Crippen LogP contribution in [0.5, 0.6) is 5.75 Å². The lowest BCUT2D eigenvalue weighted by atomic mass is 9.87. The number of benzene rings is 1. The molecule has 1 aliphatic carbocycles. The second-order valence-corrected chi connectivity index (χ2v) is 8.20. The number of carboxylic acid groups (broad SMARTS) is 1. The summed E-state index contributed by atoms with van der Waals surface area (Å²) in [5.74, 6) is -1.56. The van der Waals surface area contributed by atoms with E-state index in [-0.39, 0.29) is 30.7 Å². The van der Waals surface area contributed by atoms with Gasteiger partial charge >= 0.3 is 12.1 Å². The quantitative estimate of drug-likeness (QED) is 0.374. The van der Waals surface area contributed by atoms with Crippen LogP contribution in [-0.2, 0) is 31.8 Å². The van der Waals surface area contributed by atoms with E-state index >= 15 is 4.39 Å². The summed E-state index contributed by atoms with van der Waals surface area (Å²) in [4.78, 5) is 23.0. The molecule has 31 heavy (non-hydrogen) atoms. The van der Waals surface area contributed by atoms with Gasteiger partial charge in [0.2, 0.25) is 0 Å². The highest BCUT2D eigenvalue weighted by Gasteiger charge is 2.28. The van der Waals surface area contributed by atoms with E-state index in [1.165, 1.54) is 0 Å². The Morgan fingerprint density at radius 2 is 2.03 bits per heavy atom. The van der Waals surface area contributed by atoms with Crippen molar-refractivity contribution in [2.24, 2.45) is 0 Å². The highest BCUT2D eigenvalue weighted by molar-refractivity contribution is 5.75. The number of carbonyl (C=O) groups excluding carboxylic acids is 1. The molecule has 9 nitrogen and oxygen atoms in total. The number of anilines is 1. The van der Waals surface area contributed by atoms with Gasteiger partial charge in [0.25, 0.3) is 0 Å². The van der Waals surface area contributed by atoms with E-state index in [9.17, 15) is 9.59 Å². The normalized spacial score (nSPS) is 15.7. The number of aliphatic carboxylic acids is 1. The van der Waals surface area contributed by atoms with Gasteiger partial charge in [-0.2, -0.15) is 0 Å². The smallest absolute Gasteiger partial charge is 0.407 e. The highest BCUT2D eigenvalue weighted by atomic mass is 19.1. The van der Waals surface area contributed by atoms with Gasteiger partial charge < -0.3 is 34.7 Å². The zero-order valence-electron chi connectivity index (χ0n) is 18.4. The Labute approximate surface area is 181 Å². The third-order valence-electron chi connectivity index (χ3n) is 4.50. The molecular weight excluding hydrogens is 411 g/mol. The average Bonchev–Trinajstić information content (AvgIpc) is 2.66. The molecule has 10 heteroatoms. The van der Waals surface area contributed by atoms with Gasteiger partial charge in [-0.05, 0) is 57.2 Å². The number of carboxylic acids is 1. The van der Waals surface area contributed by atoms with Gasteiger partial charge in [0, 0.05) is 13.2 Å². The minimum absolute atomic E-state index is 0.0468. The molecule has 0 fully saturated rings. The number of alkyl carbamates (subject to hydrolysis) is 1. The molecule has 1 aromatic carbocycles. The van der Waals surface area contributed by atoms with Gasteiger partial charge in [-0.1, -0.05) is 0 Å². The second-order valence-electron chi connectivity index (χ2n) is 8.20. The molecular formula is C21H31FN2O7. The zero-order chi connectivity index (χ0) is 23.0. The van der Waals surface area contributed by atoms with Crippen molar-refractivity contribution in [2.45, 2.75) is 51.7 Å². The predicted molar refractivity (Wildman–Crippen MR) is 111 cm³/mol. The van der Waals surface area contributed by atoms with Crippen molar-refractivity contribution < 1.29 is 38.0 Å². The third kappa shape index (κ3) is 7.87. The summed E-state index contributed by atoms with van der Waals surface area (Å²) in [5.41, 5.74) is 0.475. The van der Waals surface area contributed by atoms with Crippen molar-refractivity contribution in [1.82, 2.24) is 5.32 Å². The van der Waals surface area contributed by atoms with Crippen LogP contribution in [0.25, 0.3) is 0 Å². The van der Waals surface area contributed by atoms with Gasteiger partial charge in [-0.15, -0.1) is 0 Å². The number of amides is 1. The second kappa shape index (κ2) is 11.1. The van der Waals surface area contributed by atoms with Crippen LogP contribution in [0.3, 0.4) is 0 Å². The fraction of sp³-hybridized carbons (Fsp3) is 0.619. The first kappa shape index (κ1) is 24.7. The molecule has 2 rings (SSSR count). The summed E-state index contributed by atoms with van der Waals surface area (Å²) in [6, 6.07) is 1.39. The van der Waals surface area contributed by atoms with Crippen LogP contribution in [0.4, 0.5) is 14.9 Å². The Balaban J connectivity index is 2.16. The van der Waals surface area contributed by atoms with Crippen LogP contribution in [-0.4, -0.2) is 62.5 Å². The lowest BCUT2D eigenvalue weighted by Gasteiger charge is -2.29. The minimum Gasteiger partial charge on any atom is -0.480 e. The van der Waals surface area contributed by atoms with Crippen molar-refractivity contribution >= 4 is 17.7 Å². The summed E-state index contributed by atoms with van der Waals surface area (Å²) in [6.45, 7) is 5.39. The van der Waals surface area contributed by atoms with Gasteiger partial charge in [-0.3, -0.25) is 4.79 Å². The molecule has 3 N–H and O–H groups in total. The van der Waals surface area contributed by atoms with E-state index in [0.717, 1.165) is 5.56 Å². The van der Waals surface area contributed by atoms with E-state index < -0.39 is 30.0 Å². The van der Waals surface area contributed by atoms with Crippen molar-refractivity contribution in [3.63, 3.8) is 0 Å². The molecule has 0 aromatic heterocycles. The maximum atomic E-state index is 15.3. The van der Waals surface area contributed by atoms with Gasteiger partial charge in [0.15, 0.2) is 12.6 Å². The van der Waals surface area contributed by atoms with Gasteiger partial charge in [-0.25, -0.2) is 9.18 Å². The standard InChI is InChI=1S/C21H31FN2O7/c1-21(2,3)31-20(27)24-14-6-5-13-9-16(30-12-29-8-7-28-4)19(23-11-17(25)26)18(22)15(13)10-14/h9,14,23H,5-8,10-12H2,1-4H3,(H,24,27)(H,25,26)/t14-/m1/s1. The lowest BCUT2D eigenvalue weighted by molar-refractivity contribution is -0.134. The number of carbonyl (C=O) groups is 2. The number of nitrogens with one attached hydrogen (secondary N) is 2. The first-order valence-corrected chi connectivity index (χ1v) is 10.1. The first-order chi connectivity index (χ1) is 14.6. The Hall–Kier alpha value is -2.59.